The van der Waals surface area contributed by atoms with Gasteiger partial charge in [0.15, 0.2) is 0 Å². The number of carbonyl (C=O) groups excluding carboxylic acids is 1. The van der Waals surface area contributed by atoms with Crippen molar-refractivity contribution in [3.63, 3.8) is 0 Å². The van der Waals surface area contributed by atoms with E-state index in [4.69, 9.17) is 5.11 Å². The fraction of sp³-hybridized carbons (Fsp3) is 0.368. The Balaban J connectivity index is 1.82. The number of benzene rings is 1. The molecule has 6 nitrogen and oxygen atoms in total. The smallest absolute Gasteiger partial charge is 0.335 e. The molecule has 0 spiro atoms. The van der Waals surface area contributed by atoms with Gasteiger partial charge in [-0.15, -0.1) is 0 Å². The Kier molecular flexibility index (Phi) is 4.48. The van der Waals surface area contributed by atoms with E-state index in [-0.39, 0.29) is 16.5 Å². The highest BCUT2D eigenvalue weighted by Crippen LogP contribution is 2.24. The number of aromatic carboxylic acids is 1. The quantitative estimate of drug-likeness (QED) is 0.893. The summed E-state index contributed by atoms with van der Waals surface area (Å²) in [5.41, 5.74) is 1.28. The van der Waals surface area contributed by atoms with Gasteiger partial charge in [0.05, 0.1) is 16.8 Å². The summed E-state index contributed by atoms with van der Waals surface area (Å²) >= 11 is 0. The van der Waals surface area contributed by atoms with E-state index in [0.29, 0.717) is 19.5 Å². The molecular formula is C19H20FN3O3. The zero-order valence-corrected chi connectivity index (χ0v) is 14.9. The maximum absolute atomic E-state index is 14.2. The van der Waals surface area contributed by atoms with Gasteiger partial charge in [0.2, 0.25) is 0 Å². The lowest BCUT2D eigenvalue weighted by Crippen LogP contribution is -2.37. The van der Waals surface area contributed by atoms with E-state index in [1.165, 1.54) is 17.0 Å². The van der Waals surface area contributed by atoms with E-state index >= 15 is 0 Å². The molecule has 0 saturated heterocycles. The fourth-order valence-electron chi connectivity index (χ4n) is 2.84. The molecule has 2 aromatic rings. The Morgan fingerprint density at radius 3 is 2.62 bits per heavy atom. The van der Waals surface area contributed by atoms with Crippen LogP contribution in [0.15, 0.2) is 24.4 Å². The van der Waals surface area contributed by atoms with E-state index in [1.807, 2.05) is 20.8 Å². The van der Waals surface area contributed by atoms with Crippen molar-refractivity contribution in [3.05, 3.63) is 58.4 Å². The zero-order valence-electron chi connectivity index (χ0n) is 14.9. The van der Waals surface area contributed by atoms with Crippen molar-refractivity contribution in [1.82, 2.24) is 14.9 Å². The number of halogens is 1. The summed E-state index contributed by atoms with van der Waals surface area (Å²) in [6, 6.07) is 3.32. The minimum Gasteiger partial charge on any atom is -0.478 e. The van der Waals surface area contributed by atoms with Crippen LogP contribution in [0.2, 0.25) is 0 Å². The van der Waals surface area contributed by atoms with Crippen molar-refractivity contribution in [2.45, 2.75) is 39.2 Å². The Bertz CT molecular complexity index is 890. The molecule has 1 amide bonds. The van der Waals surface area contributed by atoms with Crippen LogP contribution in [0.4, 0.5) is 4.39 Å². The van der Waals surface area contributed by atoms with E-state index in [1.54, 1.807) is 6.20 Å². The second-order valence-corrected chi connectivity index (χ2v) is 7.39. The molecule has 26 heavy (non-hydrogen) atoms. The van der Waals surface area contributed by atoms with Gasteiger partial charge in [0, 0.05) is 36.7 Å². The Labute approximate surface area is 150 Å². The monoisotopic (exact) mass is 357 g/mol. The van der Waals surface area contributed by atoms with Crippen LogP contribution in [0, 0.1) is 5.82 Å². The number of carboxylic acids is 1. The molecule has 1 aliphatic heterocycles. The van der Waals surface area contributed by atoms with Gasteiger partial charge in [0.1, 0.15) is 11.6 Å². The summed E-state index contributed by atoms with van der Waals surface area (Å²) < 4.78 is 14.2. The molecular weight excluding hydrogens is 337 g/mol. The van der Waals surface area contributed by atoms with E-state index in [2.05, 4.69) is 9.97 Å². The normalized spacial score (nSPS) is 14.1. The molecule has 1 N–H and O–H groups in total. The maximum atomic E-state index is 14.2. The number of aromatic nitrogens is 2. The van der Waals surface area contributed by atoms with Crippen molar-refractivity contribution < 1.29 is 19.1 Å². The van der Waals surface area contributed by atoms with Crippen LogP contribution >= 0.6 is 0 Å². The van der Waals surface area contributed by atoms with E-state index < -0.39 is 17.7 Å². The lowest BCUT2D eigenvalue weighted by atomic mass is 9.95. The summed E-state index contributed by atoms with van der Waals surface area (Å²) in [5, 5.41) is 8.90. The summed E-state index contributed by atoms with van der Waals surface area (Å²) in [5.74, 6) is -1.78. The second-order valence-electron chi connectivity index (χ2n) is 7.39. The van der Waals surface area contributed by atoms with Gasteiger partial charge in [-0.3, -0.25) is 4.79 Å². The van der Waals surface area contributed by atoms with Gasteiger partial charge < -0.3 is 10.0 Å². The first-order valence-electron chi connectivity index (χ1n) is 8.34. The van der Waals surface area contributed by atoms with Gasteiger partial charge in [-0.1, -0.05) is 20.8 Å². The van der Waals surface area contributed by atoms with Crippen LogP contribution < -0.4 is 0 Å². The van der Waals surface area contributed by atoms with Crippen molar-refractivity contribution in [3.8, 4) is 0 Å². The lowest BCUT2D eigenvalue weighted by molar-refractivity contribution is 0.0690. The number of amides is 1. The summed E-state index contributed by atoms with van der Waals surface area (Å²) in [7, 11) is 0. The zero-order chi connectivity index (χ0) is 19.1. The highest BCUT2D eigenvalue weighted by molar-refractivity contribution is 5.96. The number of hydrogen-bond donors (Lipinski definition) is 1. The number of carboxylic acid groups (broad SMARTS) is 1. The van der Waals surface area contributed by atoms with Crippen LogP contribution in [0.1, 0.15) is 58.6 Å². The van der Waals surface area contributed by atoms with Crippen molar-refractivity contribution in [2.75, 3.05) is 6.54 Å². The highest BCUT2D eigenvalue weighted by Gasteiger charge is 2.27. The number of carbonyl (C=O) groups is 2. The lowest BCUT2D eigenvalue weighted by Gasteiger charge is -2.29. The molecule has 1 aromatic heterocycles. The predicted molar refractivity (Wildman–Crippen MR) is 92.5 cm³/mol. The average Bonchev–Trinajstić information content (AvgIpc) is 2.59. The topological polar surface area (TPSA) is 83.4 Å². The number of rotatable bonds is 2. The van der Waals surface area contributed by atoms with Gasteiger partial charge >= 0.3 is 5.97 Å². The largest absolute Gasteiger partial charge is 0.478 e. The highest BCUT2D eigenvalue weighted by atomic mass is 19.1. The van der Waals surface area contributed by atoms with Crippen molar-refractivity contribution in [1.29, 1.82) is 0 Å². The van der Waals surface area contributed by atoms with Crippen LogP contribution in [0.25, 0.3) is 0 Å². The number of hydrogen-bond acceptors (Lipinski definition) is 4. The fourth-order valence-corrected chi connectivity index (χ4v) is 2.84. The average molecular weight is 357 g/mol. The van der Waals surface area contributed by atoms with Gasteiger partial charge in [-0.05, 0) is 18.2 Å². The van der Waals surface area contributed by atoms with Gasteiger partial charge in [-0.2, -0.15) is 0 Å². The predicted octanol–water partition coefficient (Wildman–Crippen LogP) is 2.81. The summed E-state index contributed by atoms with van der Waals surface area (Å²) in [6.07, 6.45) is 2.30. The van der Waals surface area contributed by atoms with Crippen LogP contribution in [-0.4, -0.2) is 38.4 Å². The van der Waals surface area contributed by atoms with Crippen LogP contribution in [0.5, 0.6) is 0 Å². The van der Waals surface area contributed by atoms with Gasteiger partial charge in [-0.25, -0.2) is 19.2 Å². The molecule has 0 unspecified atom stereocenters. The summed E-state index contributed by atoms with van der Waals surface area (Å²) in [4.78, 5) is 34.1. The van der Waals surface area contributed by atoms with Crippen molar-refractivity contribution in [2.24, 2.45) is 0 Å². The Morgan fingerprint density at radius 2 is 2.00 bits per heavy atom. The molecule has 2 heterocycles. The molecule has 0 saturated carbocycles. The Hall–Kier alpha value is -2.83. The molecule has 1 aromatic carbocycles. The molecule has 3 rings (SSSR count). The summed E-state index contributed by atoms with van der Waals surface area (Å²) in [6.45, 7) is 6.84. The first-order valence-corrected chi connectivity index (χ1v) is 8.34. The van der Waals surface area contributed by atoms with Crippen molar-refractivity contribution >= 4 is 11.9 Å². The van der Waals surface area contributed by atoms with Gasteiger partial charge in [0.25, 0.3) is 5.91 Å². The molecule has 1 aliphatic rings. The number of nitrogens with zero attached hydrogens (tertiary/aromatic N) is 3. The van der Waals surface area contributed by atoms with E-state index in [9.17, 15) is 14.0 Å². The molecule has 0 bridgehead atoms. The molecule has 0 atom stereocenters. The Morgan fingerprint density at radius 1 is 1.27 bits per heavy atom. The standard InChI is InChI=1S/C19H20FN3O3/c1-19(2,3)18-21-9-12-10-23(7-6-15(12)22-18)16(24)13-5-4-11(17(25)26)8-14(13)20/h4-5,8-9H,6-7,10H2,1-3H3,(H,25,26). The molecule has 0 fully saturated rings. The number of fused-ring (bicyclic) bond motifs is 1. The maximum Gasteiger partial charge on any atom is 0.335 e. The first kappa shape index (κ1) is 18.0. The minimum absolute atomic E-state index is 0.134. The first-order chi connectivity index (χ1) is 12.2. The molecule has 7 heteroatoms. The van der Waals surface area contributed by atoms with Crippen LogP contribution in [-0.2, 0) is 18.4 Å². The van der Waals surface area contributed by atoms with Crippen LogP contribution in [0.3, 0.4) is 0 Å². The molecule has 0 aliphatic carbocycles. The third-order valence-electron chi connectivity index (χ3n) is 4.34. The third-order valence-corrected chi connectivity index (χ3v) is 4.34. The second kappa shape index (κ2) is 6.48. The molecule has 136 valence electrons. The van der Waals surface area contributed by atoms with E-state index in [0.717, 1.165) is 23.1 Å². The minimum atomic E-state index is -1.23. The third kappa shape index (κ3) is 3.42. The molecule has 0 radical (unpaired) electrons. The SMILES string of the molecule is CC(C)(C)c1ncc2c(n1)CCN(C(=O)c1ccc(C(=O)O)cc1F)C2.